The molecule has 2 aromatic rings. The van der Waals surface area contributed by atoms with E-state index in [4.69, 9.17) is 0 Å². The van der Waals surface area contributed by atoms with E-state index in [2.05, 4.69) is 15.5 Å². The molecule has 0 radical (unpaired) electrons. The maximum Gasteiger partial charge on any atom is 0.335 e. The third-order valence-corrected chi connectivity index (χ3v) is 5.56. The largest absolute Gasteiger partial charge is 0.478 e. The molecule has 1 amide bonds. The van der Waals surface area contributed by atoms with Crippen LogP contribution < -0.4 is 15.5 Å². The van der Waals surface area contributed by atoms with E-state index in [0.29, 0.717) is 6.42 Å². The Morgan fingerprint density at radius 2 is 1.85 bits per heavy atom. The molecule has 0 aliphatic carbocycles. The first-order chi connectivity index (χ1) is 13.1. The minimum Gasteiger partial charge on any atom is -0.478 e. The number of carbonyl (C=O) groups is 2. The fourth-order valence-electron chi connectivity index (χ4n) is 4.28. The van der Waals surface area contributed by atoms with Crippen molar-refractivity contribution < 1.29 is 14.7 Å². The number of hydrogen-bond acceptors (Lipinski definition) is 4. The fraction of sp³-hybridized carbons (Fsp3) is 0.333. The molecule has 1 unspecified atom stereocenters. The van der Waals surface area contributed by atoms with Crippen molar-refractivity contribution in [3.8, 4) is 0 Å². The van der Waals surface area contributed by atoms with Crippen LogP contribution in [-0.2, 0) is 11.2 Å². The highest BCUT2D eigenvalue weighted by Crippen LogP contribution is 2.38. The smallest absolute Gasteiger partial charge is 0.335 e. The van der Waals surface area contributed by atoms with Gasteiger partial charge in [-0.25, -0.2) is 4.79 Å². The molecule has 6 nitrogen and oxygen atoms in total. The van der Waals surface area contributed by atoms with Gasteiger partial charge in [0.05, 0.1) is 5.56 Å². The van der Waals surface area contributed by atoms with E-state index in [0.717, 1.165) is 37.2 Å². The molecule has 2 aliphatic heterocycles. The van der Waals surface area contributed by atoms with E-state index >= 15 is 0 Å². The summed E-state index contributed by atoms with van der Waals surface area (Å²) >= 11 is 0. The average Bonchev–Trinajstić information content (AvgIpc) is 2.94. The maximum absolute atomic E-state index is 13.0. The standard InChI is InChI=1S/C21H23N3O3/c25-19(26)16-6-4-5-15(13-16)14-18-23-20(27)21(9-11-22-12-10-21)24(18)17-7-2-1-3-8-17/h1-8,13,18,22H,9-12,14H2,(H,23,27)(H,25,26). The van der Waals surface area contributed by atoms with Gasteiger partial charge in [-0.2, -0.15) is 0 Å². The van der Waals surface area contributed by atoms with E-state index in [1.165, 1.54) is 0 Å². The molecule has 2 aromatic carbocycles. The Morgan fingerprint density at radius 1 is 1.11 bits per heavy atom. The molecule has 0 saturated carbocycles. The van der Waals surface area contributed by atoms with Gasteiger partial charge in [0.15, 0.2) is 0 Å². The molecule has 4 rings (SSSR count). The number of rotatable bonds is 4. The third-order valence-electron chi connectivity index (χ3n) is 5.56. The SMILES string of the molecule is O=C(O)c1cccc(CC2NC(=O)C3(CCNCC3)N2c2ccccc2)c1. The summed E-state index contributed by atoms with van der Waals surface area (Å²) < 4.78 is 0. The molecule has 2 aliphatic rings. The first-order valence-corrected chi connectivity index (χ1v) is 9.28. The Bertz CT molecular complexity index is 847. The zero-order valence-corrected chi connectivity index (χ0v) is 15.0. The van der Waals surface area contributed by atoms with Crippen molar-refractivity contribution in [2.45, 2.75) is 31.0 Å². The molecular formula is C21H23N3O3. The van der Waals surface area contributed by atoms with Crippen LogP contribution in [0.4, 0.5) is 5.69 Å². The zero-order valence-electron chi connectivity index (χ0n) is 15.0. The predicted octanol–water partition coefficient (Wildman–Crippen LogP) is 2.01. The predicted molar refractivity (Wildman–Crippen MR) is 103 cm³/mol. The molecule has 6 heteroatoms. The van der Waals surface area contributed by atoms with Crippen LogP contribution in [-0.4, -0.2) is 41.8 Å². The van der Waals surface area contributed by atoms with Gasteiger partial charge in [0.2, 0.25) is 5.91 Å². The lowest BCUT2D eigenvalue weighted by Crippen LogP contribution is -2.57. The summed E-state index contributed by atoms with van der Waals surface area (Å²) in [6.45, 7) is 1.61. The summed E-state index contributed by atoms with van der Waals surface area (Å²) in [4.78, 5) is 26.5. The number of nitrogens with zero attached hydrogens (tertiary/aromatic N) is 1. The minimum atomic E-state index is -0.943. The highest BCUT2D eigenvalue weighted by Gasteiger charge is 2.53. The first kappa shape index (κ1) is 17.5. The summed E-state index contributed by atoms with van der Waals surface area (Å²) in [6, 6.07) is 16.9. The normalized spacial score (nSPS) is 21.3. The molecule has 3 N–H and O–H groups in total. The van der Waals surface area contributed by atoms with Crippen molar-refractivity contribution in [3.63, 3.8) is 0 Å². The van der Waals surface area contributed by atoms with E-state index in [1.54, 1.807) is 18.2 Å². The maximum atomic E-state index is 13.0. The van der Waals surface area contributed by atoms with Crippen LogP contribution in [0.5, 0.6) is 0 Å². The number of amides is 1. The van der Waals surface area contributed by atoms with Crippen molar-refractivity contribution in [1.82, 2.24) is 10.6 Å². The van der Waals surface area contributed by atoms with Gasteiger partial charge in [-0.1, -0.05) is 30.3 Å². The van der Waals surface area contributed by atoms with Gasteiger partial charge < -0.3 is 20.6 Å². The molecule has 2 saturated heterocycles. The van der Waals surface area contributed by atoms with Crippen molar-refractivity contribution in [1.29, 1.82) is 0 Å². The molecule has 1 spiro atoms. The highest BCUT2D eigenvalue weighted by molar-refractivity contribution is 5.94. The molecule has 1 atom stereocenters. The average molecular weight is 365 g/mol. The quantitative estimate of drug-likeness (QED) is 0.772. The second-order valence-electron chi connectivity index (χ2n) is 7.19. The summed E-state index contributed by atoms with van der Waals surface area (Å²) in [5.74, 6) is -0.880. The number of carboxylic acid groups (broad SMARTS) is 1. The molecular weight excluding hydrogens is 342 g/mol. The number of nitrogens with one attached hydrogen (secondary N) is 2. The Balaban J connectivity index is 1.70. The molecule has 0 aromatic heterocycles. The van der Waals surface area contributed by atoms with Crippen molar-refractivity contribution in [3.05, 3.63) is 65.7 Å². The van der Waals surface area contributed by atoms with Crippen LogP contribution in [0.1, 0.15) is 28.8 Å². The monoisotopic (exact) mass is 365 g/mol. The van der Waals surface area contributed by atoms with Crippen molar-refractivity contribution >= 4 is 17.6 Å². The van der Waals surface area contributed by atoms with Crippen LogP contribution in [0.2, 0.25) is 0 Å². The van der Waals surface area contributed by atoms with Gasteiger partial charge in [0, 0.05) is 12.1 Å². The van der Waals surface area contributed by atoms with Crippen LogP contribution in [0.25, 0.3) is 0 Å². The number of benzene rings is 2. The van der Waals surface area contributed by atoms with Gasteiger partial charge in [0.1, 0.15) is 11.7 Å². The summed E-state index contributed by atoms with van der Waals surface area (Å²) in [6.07, 6.45) is 1.84. The lowest BCUT2D eigenvalue weighted by Gasteiger charge is -2.42. The number of aromatic carboxylic acids is 1. The number of carboxylic acids is 1. The molecule has 140 valence electrons. The van der Waals surface area contributed by atoms with Gasteiger partial charge in [-0.3, -0.25) is 4.79 Å². The third kappa shape index (κ3) is 3.17. The van der Waals surface area contributed by atoms with Crippen LogP contribution >= 0.6 is 0 Å². The zero-order chi connectivity index (χ0) is 18.9. The Labute approximate surface area is 158 Å². The van der Waals surface area contributed by atoms with Crippen LogP contribution in [0.15, 0.2) is 54.6 Å². The van der Waals surface area contributed by atoms with Crippen molar-refractivity contribution in [2.75, 3.05) is 18.0 Å². The van der Waals surface area contributed by atoms with E-state index < -0.39 is 11.5 Å². The highest BCUT2D eigenvalue weighted by atomic mass is 16.4. The fourth-order valence-corrected chi connectivity index (χ4v) is 4.28. The van der Waals surface area contributed by atoms with E-state index in [9.17, 15) is 14.7 Å². The Hall–Kier alpha value is -2.86. The minimum absolute atomic E-state index is 0.0623. The lowest BCUT2D eigenvalue weighted by molar-refractivity contribution is -0.124. The van der Waals surface area contributed by atoms with Gasteiger partial charge in [-0.05, 0) is 55.8 Å². The van der Waals surface area contributed by atoms with E-state index in [1.807, 2.05) is 36.4 Å². The molecule has 2 heterocycles. The van der Waals surface area contributed by atoms with Gasteiger partial charge >= 0.3 is 5.97 Å². The van der Waals surface area contributed by atoms with Crippen molar-refractivity contribution in [2.24, 2.45) is 0 Å². The second-order valence-corrected chi connectivity index (χ2v) is 7.19. The molecule has 27 heavy (non-hydrogen) atoms. The van der Waals surface area contributed by atoms with Gasteiger partial charge in [-0.15, -0.1) is 0 Å². The van der Waals surface area contributed by atoms with Crippen LogP contribution in [0, 0.1) is 0 Å². The topological polar surface area (TPSA) is 81.7 Å². The van der Waals surface area contributed by atoms with E-state index in [-0.39, 0.29) is 17.6 Å². The molecule has 2 fully saturated rings. The summed E-state index contributed by atoms with van der Waals surface area (Å²) in [5, 5.41) is 15.8. The Kier molecular flexibility index (Phi) is 4.58. The Morgan fingerprint density at radius 3 is 2.56 bits per heavy atom. The van der Waals surface area contributed by atoms with Crippen LogP contribution in [0.3, 0.4) is 0 Å². The second kappa shape index (κ2) is 7.04. The number of para-hydroxylation sites is 1. The summed E-state index contributed by atoms with van der Waals surface area (Å²) in [5.41, 5.74) is 1.62. The lowest BCUT2D eigenvalue weighted by atomic mass is 9.86. The number of carbonyl (C=O) groups excluding carboxylic acids is 1. The molecule has 0 bridgehead atoms. The number of piperidine rings is 1. The first-order valence-electron chi connectivity index (χ1n) is 9.28. The summed E-state index contributed by atoms with van der Waals surface area (Å²) in [7, 11) is 0. The number of hydrogen-bond donors (Lipinski definition) is 3. The van der Waals surface area contributed by atoms with Gasteiger partial charge in [0.25, 0.3) is 0 Å². The number of anilines is 1.